The zero-order valence-electron chi connectivity index (χ0n) is 15.5. The minimum atomic E-state index is -3.75. The van der Waals surface area contributed by atoms with Crippen LogP contribution in [0.15, 0.2) is 47.6 Å². The van der Waals surface area contributed by atoms with Crippen molar-refractivity contribution in [2.45, 2.75) is 18.4 Å². The molecule has 0 fully saturated rings. The average molecular weight is 393 g/mol. The number of methoxy groups -OCH3 is 2. The van der Waals surface area contributed by atoms with Crippen molar-refractivity contribution in [1.82, 2.24) is 14.6 Å². The largest absolute Gasteiger partial charge is 0.493 e. The Balaban J connectivity index is 2.02. The van der Waals surface area contributed by atoms with Gasteiger partial charge in [0.25, 0.3) is 0 Å². The minimum absolute atomic E-state index is 0.0572. The number of benzene rings is 1. The quantitative estimate of drug-likeness (QED) is 0.692. The summed E-state index contributed by atoms with van der Waals surface area (Å²) >= 11 is 0. The Labute approximate surface area is 159 Å². The third kappa shape index (κ3) is 5.66. The molecule has 0 spiro atoms. The van der Waals surface area contributed by atoms with Crippen LogP contribution < -0.4 is 14.2 Å². The number of nitrogens with zero attached hydrogens (tertiary/aromatic N) is 2. The standard InChI is InChI=1S/C18H23N3O5S/c1-14(22)21(13-15-5-4-8-19-12-15)10-9-20-27(23,24)16-6-7-17(25-2)18(11-16)26-3/h4-8,11-12,20H,9-10,13H2,1-3H3. The smallest absolute Gasteiger partial charge is 0.240 e. The maximum atomic E-state index is 12.5. The fourth-order valence-corrected chi connectivity index (χ4v) is 3.48. The molecule has 8 nitrogen and oxygen atoms in total. The van der Waals surface area contributed by atoms with Gasteiger partial charge in [0.15, 0.2) is 11.5 Å². The van der Waals surface area contributed by atoms with Gasteiger partial charge in [0, 0.05) is 45.0 Å². The summed E-state index contributed by atoms with van der Waals surface area (Å²) < 4.78 is 37.7. The molecule has 0 saturated carbocycles. The molecule has 1 aromatic carbocycles. The molecule has 0 aliphatic heterocycles. The normalized spacial score (nSPS) is 11.1. The summed E-state index contributed by atoms with van der Waals surface area (Å²) in [7, 11) is -0.837. The van der Waals surface area contributed by atoms with Crippen molar-refractivity contribution in [3.8, 4) is 11.5 Å². The molecule has 146 valence electrons. The summed E-state index contributed by atoms with van der Waals surface area (Å²) in [5.41, 5.74) is 0.871. The molecule has 0 aliphatic rings. The molecule has 0 saturated heterocycles. The van der Waals surface area contributed by atoms with Crippen molar-refractivity contribution in [1.29, 1.82) is 0 Å². The van der Waals surface area contributed by atoms with Crippen LogP contribution >= 0.6 is 0 Å². The molecule has 0 unspecified atom stereocenters. The molecule has 2 aromatic rings. The van der Waals surface area contributed by atoms with E-state index in [0.717, 1.165) is 5.56 Å². The van der Waals surface area contributed by atoms with Gasteiger partial charge in [-0.15, -0.1) is 0 Å². The van der Waals surface area contributed by atoms with E-state index in [-0.39, 0.29) is 23.9 Å². The van der Waals surface area contributed by atoms with Crippen LogP contribution in [0.2, 0.25) is 0 Å². The molecule has 0 atom stereocenters. The highest BCUT2D eigenvalue weighted by Crippen LogP contribution is 2.29. The lowest BCUT2D eigenvalue weighted by molar-refractivity contribution is -0.129. The summed E-state index contributed by atoms with van der Waals surface area (Å²) in [5, 5.41) is 0. The topological polar surface area (TPSA) is 97.8 Å². The third-order valence-corrected chi connectivity index (χ3v) is 5.34. The van der Waals surface area contributed by atoms with Gasteiger partial charge in [-0.3, -0.25) is 9.78 Å². The number of aromatic nitrogens is 1. The SMILES string of the molecule is COc1ccc(S(=O)(=O)NCCN(Cc2cccnc2)C(C)=O)cc1OC. The van der Waals surface area contributed by atoms with E-state index in [4.69, 9.17) is 9.47 Å². The van der Waals surface area contributed by atoms with Gasteiger partial charge in [-0.2, -0.15) is 0 Å². The Hall–Kier alpha value is -2.65. The van der Waals surface area contributed by atoms with E-state index in [2.05, 4.69) is 9.71 Å². The summed E-state index contributed by atoms with van der Waals surface area (Å²) in [6.45, 7) is 2.12. The fraction of sp³-hybridized carbons (Fsp3) is 0.333. The summed E-state index contributed by atoms with van der Waals surface area (Å²) in [4.78, 5) is 17.4. The van der Waals surface area contributed by atoms with E-state index in [0.29, 0.717) is 18.0 Å². The number of hydrogen-bond acceptors (Lipinski definition) is 6. The number of pyridine rings is 1. The number of ether oxygens (including phenoxy) is 2. The van der Waals surface area contributed by atoms with Crippen molar-refractivity contribution < 1.29 is 22.7 Å². The van der Waals surface area contributed by atoms with Gasteiger partial charge in [-0.05, 0) is 23.8 Å². The van der Waals surface area contributed by atoms with Gasteiger partial charge in [0.05, 0.1) is 19.1 Å². The molecule has 1 heterocycles. The fourth-order valence-electron chi connectivity index (χ4n) is 2.44. The minimum Gasteiger partial charge on any atom is -0.493 e. The molecule has 0 radical (unpaired) electrons. The van der Waals surface area contributed by atoms with Crippen molar-refractivity contribution >= 4 is 15.9 Å². The maximum absolute atomic E-state index is 12.5. The zero-order valence-corrected chi connectivity index (χ0v) is 16.3. The molecular weight excluding hydrogens is 370 g/mol. The Morgan fingerprint density at radius 2 is 1.93 bits per heavy atom. The van der Waals surface area contributed by atoms with Crippen LogP contribution in [0.5, 0.6) is 11.5 Å². The second-order valence-electron chi connectivity index (χ2n) is 5.72. The van der Waals surface area contributed by atoms with Gasteiger partial charge in [0.1, 0.15) is 0 Å². The van der Waals surface area contributed by atoms with Gasteiger partial charge in [-0.25, -0.2) is 13.1 Å². The Morgan fingerprint density at radius 1 is 1.19 bits per heavy atom. The zero-order chi connectivity index (χ0) is 19.9. The summed E-state index contributed by atoms with van der Waals surface area (Å²) in [6.07, 6.45) is 3.32. The first-order valence-electron chi connectivity index (χ1n) is 8.23. The van der Waals surface area contributed by atoms with Gasteiger partial charge < -0.3 is 14.4 Å². The highest BCUT2D eigenvalue weighted by Gasteiger charge is 2.18. The molecule has 0 aliphatic carbocycles. The molecular formula is C18H23N3O5S. The first-order chi connectivity index (χ1) is 12.9. The van der Waals surface area contributed by atoms with Crippen molar-refractivity contribution in [3.63, 3.8) is 0 Å². The predicted octanol–water partition coefficient (Wildman–Crippen LogP) is 1.43. The van der Waals surface area contributed by atoms with Gasteiger partial charge in [-0.1, -0.05) is 6.07 Å². The van der Waals surface area contributed by atoms with E-state index in [1.165, 1.54) is 39.3 Å². The van der Waals surface area contributed by atoms with Crippen molar-refractivity contribution in [2.75, 3.05) is 27.3 Å². The molecule has 0 bridgehead atoms. The summed E-state index contributed by atoms with van der Waals surface area (Å²) in [5.74, 6) is 0.613. The molecule has 2 rings (SSSR count). The summed E-state index contributed by atoms with van der Waals surface area (Å²) in [6, 6.07) is 7.99. The molecule has 1 amide bonds. The second-order valence-corrected chi connectivity index (χ2v) is 7.48. The number of sulfonamides is 1. The van der Waals surface area contributed by atoms with Crippen LogP contribution in [0.3, 0.4) is 0 Å². The molecule has 27 heavy (non-hydrogen) atoms. The van der Waals surface area contributed by atoms with E-state index >= 15 is 0 Å². The number of rotatable bonds is 9. The number of carbonyl (C=O) groups is 1. The lowest BCUT2D eigenvalue weighted by Gasteiger charge is -2.21. The molecule has 9 heteroatoms. The van der Waals surface area contributed by atoms with E-state index in [1.54, 1.807) is 23.4 Å². The van der Waals surface area contributed by atoms with Crippen LogP contribution in [0.25, 0.3) is 0 Å². The third-order valence-electron chi connectivity index (χ3n) is 3.88. The van der Waals surface area contributed by atoms with Crippen LogP contribution in [0.1, 0.15) is 12.5 Å². The van der Waals surface area contributed by atoms with Gasteiger partial charge >= 0.3 is 0 Å². The van der Waals surface area contributed by atoms with E-state index in [1.807, 2.05) is 6.07 Å². The van der Waals surface area contributed by atoms with Gasteiger partial charge in [0.2, 0.25) is 15.9 Å². The lowest BCUT2D eigenvalue weighted by atomic mass is 10.2. The van der Waals surface area contributed by atoms with Crippen molar-refractivity contribution in [2.24, 2.45) is 0 Å². The van der Waals surface area contributed by atoms with Crippen LogP contribution in [-0.4, -0.2) is 51.5 Å². The Morgan fingerprint density at radius 3 is 2.52 bits per heavy atom. The number of hydrogen-bond donors (Lipinski definition) is 1. The van der Waals surface area contributed by atoms with Crippen LogP contribution in [-0.2, 0) is 21.4 Å². The molecule has 1 N–H and O–H groups in total. The number of amides is 1. The lowest BCUT2D eigenvalue weighted by Crippen LogP contribution is -2.37. The molecule has 1 aromatic heterocycles. The Bertz CT molecular complexity index is 872. The maximum Gasteiger partial charge on any atom is 0.240 e. The van der Waals surface area contributed by atoms with E-state index < -0.39 is 10.0 Å². The van der Waals surface area contributed by atoms with E-state index in [9.17, 15) is 13.2 Å². The average Bonchev–Trinajstić information content (AvgIpc) is 2.67. The highest BCUT2D eigenvalue weighted by molar-refractivity contribution is 7.89. The second kappa shape index (κ2) is 9.33. The van der Waals surface area contributed by atoms with Crippen molar-refractivity contribution in [3.05, 3.63) is 48.3 Å². The monoisotopic (exact) mass is 393 g/mol. The van der Waals surface area contributed by atoms with Crippen LogP contribution in [0, 0.1) is 0 Å². The predicted molar refractivity (Wildman–Crippen MR) is 100 cm³/mol. The highest BCUT2D eigenvalue weighted by atomic mass is 32.2. The first kappa shape index (κ1) is 20.7. The van der Waals surface area contributed by atoms with Crippen LogP contribution in [0.4, 0.5) is 0 Å². The first-order valence-corrected chi connectivity index (χ1v) is 9.72. The Kier molecular flexibility index (Phi) is 7.14. The number of nitrogens with one attached hydrogen (secondary N) is 1. The number of carbonyl (C=O) groups excluding carboxylic acids is 1.